The Balaban J connectivity index is 2.23. The molecule has 0 aromatic rings. The molecule has 1 fully saturated rings. The summed E-state index contributed by atoms with van der Waals surface area (Å²) in [4.78, 5) is 24.2. The van der Waals surface area contributed by atoms with E-state index in [2.05, 4.69) is 6.58 Å². The molecule has 1 rings (SSSR count). The molecule has 1 aliphatic heterocycles. The third-order valence-electron chi connectivity index (χ3n) is 2.14. The molecule has 0 bridgehead atoms. The maximum absolute atomic E-state index is 11.5. The molecular weight excluding hydrogens is 198 g/mol. The average Bonchev–Trinajstić information content (AvgIpc) is 2.19. The number of piperidine rings is 1. The van der Waals surface area contributed by atoms with Crippen LogP contribution >= 0.6 is 11.8 Å². The highest BCUT2D eigenvalue weighted by Gasteiger charge is 2.19. The van der Waals surface area contributed by atoms with E-state index in [1.54, 1.807) is 22.7 Å². The molecule has 1 heterocycles. The van der Waals surface area contributed by atoms with E-state index in [9.17, 15) is 9.59 Å². The van der Waals surface area contributed by atoms with Crippen LogP contribution in [0.4, 0.5) is 0 Å². The first-order valence-corrected chi connectivity index (χ1v) is 5.87. The van der Waals surface area contributed by atoms with Gasteiger partial charge in [-0.2, -0.15) is 0 Å². The molecule has 4 heteroatoms. The molecule has 3 nitrogen and oxygen atoms in total. The van der Waals surface area contributed by atoms with Gasteiger partial charge in [0.05, 0.1) is 5.75 Å². The van der Waals surface area contributed by atoms with Crippen molar-refractivity contribution in [2.24, 2.45) is 0 Å². The number of hydrogen-bond acceptors (Lipinski definition) is 3. The Hall–Kier alpha value is -0.770. The molecule has 1 amide bonds. The first-order chi connectivity index (χ1) is 6.74. The highest BCUT2D eigenvalue weighted by molar-refractivity contribution is 8.00. The van der Waals surface area contributed by atoms with Crippen molar-refractivity contribution < 1.29 is 9.59 Å². The molecule has 0 spiro atoms. The highest BCUT2D eigenvalue weighted by atomic mass is 32.2. The monoisotopic (exact) mass is 213 g/mol. The zero-order chi connectivity index (χ0) is 10.4. The van der Waals surface area contributed by atoms with Gasteiger partial charge in [-0.05, 0) is 0 Å². The first-order valence-electron chi connectivity index (χ1n) is 4.72. The van der Waals surface area contributed by atoms with Gasteiger partial charge in [0.25, 0.3) is 0 Å². The van der Waals surface area contributed by atoms with Crippen LogP contribution in [0.15, 0.2) is 12.7 Å². The van der Waals surface area contributed by atoms with Gasteiger partial charge in [-0.3, -0.25) is 9.59 Å². The topological polar surface area (TPSA) is 37.4 Å². The summed E-state index contributed by atoms with van der Waals surface area (Å²) in [5.41, 5.74) is 0. The van der Waals surface area contributed by atoms with E-state index in [0.29, 0.717) is 31.7 Å². The van der Waals surface area contributed by atoms with Crippen molar-refractivity contribution in [3.63, 3.8) is 0 Å². The van der Waals surface area contributed by atoms with Gasteiger partial charge >= 0.3 is 0 Å². The zero-order valence-corrected chi connectivity index (χ0v) is 9.02. The molecule has 0 N–H and O–H groups in total. The zero-order valence-electron chi connectivity index (χ0n) is 8.20. The van der Waals surface area contributed by atoms with Crippen molar-refractivity contribution in [2.45, 2.75) is 12.8 Å². The third kappa shape index (κ3) is 3.54. The number of ketones is 1. The molecule has 0 unspecified atom stereocenters. The number of hydrogen-bond donors (Lipinski definition) is 0. The second-order valence-corrected chi connectivity index (χ2v) is 4.25. The lowest BCUT2D eigenvalue weighted by Gasteiger charge is -2.25. The van der Waals surface area contributed by atoms with Crippen LogP contribution in [0.3, 0.4) is 0 Å². The van der Waals surface area contributed by atoms with Gasteiger partial charge < -0.3 is 4.90 Å². The Morgan fingerprint density at radius 3 is 2.71 bits per heavy atom. The normalized spacial score (nSPS) is 16.9. The van der Waals surface area contributed by atoms with E-state index in [0.717, 1.165) is 5.75 Å². The van der Waals surface area contributed by atoms with Gasteiger partial charge in [-0.15, -0.1) is 18.3 Å². The Morgan fingerprint density at radius 2 is 2.14 bits per heavy atom. The lowest BCUT2D eigenvalue weighted by Crippen LogP contribution is -2.39. The van der Waals surface area contributed by atoms with Crippen molar-refractivity contribution in [2.75, 3.05) is 24.6 Å². The number of thioether (sulfide) groups is 1. The number of Topliss-reactive ketones (excluding diaryl/α,β-unsaturated/α-hetero) is 1. The van der Waals surface area contributed by atoms with E-state index in [1.165, 1.54) is 0 Å². The minimum Gasteiger partial charge on any atom is -0.341 e. The fraction of sp³-hybridized carbons (Fsp3) is 0.600. The summed E-state index contributed by atoms with van der Waals surface area (Å²) < 4.78 is 0. The molecule has 0 saturated carbocycles. The molecule has 0 radical (unpaired) electrons. The number of rotatable bonds is 4. The summed E-state index contributed by atoms with van der Waals surface area (Å²) in [6.07, 6.45) is 2.84. The predicted molar refractivity (Wildman–Crippen MR) is 58.3 cm³/mol. The Labute approximate surface area is 88.5 Å². The van der Waals surface area contributed by atoms with E-state index in [1.807, 2.05) is 0 Å². The lowest BCUT2D eigenvalue weighted by atomic mass is 10.1. The Morgan fingerprint density at radius 1 is 1.50 bits per heavy atom. The van der Waals surface area contributed by atoms with Crippen LogP contribution in [0.1, 0.15) is 12.8 Å². The van der Waals surface area contributed by atoms with Crippen molar-refractivity contribution in [3.8, 4) is 0 Å². The quantitative estimate of drug-likeness (QED) is 0.518. The van der Waals surface area contributed by atoms with Gasteiger partial charge in [0.1, 0.15) is 5.78 Å². The van der Waals surface area contributed by atoms with Crippen molar-refractivity contribution >= 4 is 23.5 Å². The summed E-state index contributed by atoms with van der Waals surface area (Å²) in [5.74, 6) is 1.72. The van der Waals surface area contributed by atoms with Gasteiger partial charge in [0.2, 0.25) is 5.91 Å². The third-order valence-corrected chi connectivity index (χ3v) is 3.06. The largest absolute Gasteiger partial charge is 0.341 e. The predicted octanol–water partition coefficient (Wildman–Crippen LogP) is 1.10. The molecule has 0 atom stereocenters. The van der Waals surface area contributed by atoms with Crippen LogP contribution in [0.25, 0.3) is 0 Å². The molecular formula is C10H15NO2S. The van der Waals surface area contributed by atoms with E-state index in [4.69, 9.17) is 0 Å². The molecule has 78 valence electrons. The van der Waals surface area contributed by atoms with E-state index >= 15 is 0 Å². The van der Waals surface area contributed by atoms with Crippen molar-refractivity contribution in [1.82, 2.24) is 4.90 Å². The molecule has 1 saturated heterocycles. The summed E-state index contributed by atoms with van der Waals surface area (Å²) in [6.45, 7) is 4.80. The Kier molecular flexibility index (Phi) is 4.73. The minimum absolute atomic E-state index is 0.143. The second kappa shape index (κ2) is 5.86. The van der Waals surface area contributed by atoms with Crippen LogP contribution in [-0.4, -0.2) is 41.2 Å². The van der Waals surface area contributed by atoms with Crippen molar-refractivity contribution in [1.29, 1.82) is 0 Å². The van der Waals surface area contributed by atoms with E-state index in [-0.39, 0.29) is 11.7 Å². The maximum atomic E-state index is 11.5. The summed E-state index contributed by atoms with van der Waals surface area (Å²) >= 11 is 1.56. The van der Waals surface area contributed by atoms with Crippen LogP contribution in [0.5, 0.6) is 0 Å². The number of carbonyl (C=O) groups is 2. The Bertz CT molecular complexity index is 230. The number of nitrogens with zero attached hydrogens (tertiary/aromatic N) is 1. The van der Waals surface area contributed by atoms with Crippen LogP contribution in [0.2, 0.25) is 0 Å². The maximum Gasteiger partial charge on any atom is 0.232 e. The summed E-state index contributed by atoms with van der Waals surface area (Å²) in [6, 6.07) is 0. The SMILES string of the molecule is C=CCSCC(=O)N1CCC(=O)CC1. The molecule has 0 aromatic heterocycles. The molecule has 0 aromatic carbocycles. The van der Waals surface area contributed by atoms with Crippen LogP contribution in [-0.2, 0) is 9.59 Å². The summed E-state index contributed by atoms with van der Waals surface area (Å²) in [7, 11) is 0. The smallest absolute Gasteiger partial charge is 0.232 e. The summed E-state index contributed by atoms with van der Waals surface area (Å²) in [5, 5.41) is 0. The van der Waals surface area contributed by atoms with Gasteiger partial charge in [-0.1, -0.05) is 6.08 Å². The number of amides is 1. The molecule has 14 heavy (non-hydrogen) atoms. The average molecular weight is 213 g/mol. The fourth-order valence-electron chi connectivity index (χ4n) is 1.33. The highest BCUT2D eigenvalue weighted by Crippen LogP contribution is 2.09. The number of likely N-dealkylation sites (tertiary alicyclic amines) is 1. The molecule has 1 aliphatic rings. The fourth-order valence-corrected chi connectivity index (χ4v) is 1.97. The standard InChI is InChI=1S/C10H15NO2S/c1-2-7-14-8-10(13)11-5-3-9(12)4-6-11/h2H,1,3-8H2. The van der Waals surface area contributed by atoms with E-state index < -0.39 is 0 Å². The van der Waals surface area contributed by atoms with Gasteiger partial charge in [0.15, 0.2) is 0 Å². The van der Waals surface area contributed by atoms with Crippen molar-refractivity contribution in [3.05, 3.63) is 12.7 Å². The minimum atomic E-state index is 0.143. The van der Waals surface area contributed by atoms with Gasteiger partial charge in [-0.25, -0.2) is 0 Å². The number of carbonyl (C=O) groups excluding carboxylic acids is 2. The lowest BCUT2D eigenvalue weighted by molar-refractivity contribution is -0.132. The van der Waals surface area contributed by atoms with Crippen LogP contribution in [0, 0.1) is 0 Å². The molecule has 0 aliphatic carbocycles. The first kappa shape index (κ1) is 11.3. The van der Waals surface area contributed by atoms with Crippen LogP contribution < -0.4 is 0 Å². The second-order valence-electron chi connectivity index (χ2n) is 3.22. The van der Waals surface area contributed by atoms with Gasteiger partial charge in [0, 0.05) is 31.7 Å².